The molecule has 4 aromatic rings. The molecule has 4 unspecified atom stereocenters. The van der Waals surface area contributed by atoms with Crippen LogP contribution in [0.25, 0.3) is 21.8 Å². The molecule has 6 fully saturated rings. The van der Waals surface area contributed by atoms with E-state index in [9.17, 15) is 14.7 Å². The molecule has 10 nitrogen and oxygen atoms in total. The normalized spacial score (nSPS) is 28.7. The fraction of sp³-hybridized carbons (Fsp3) is 0.649. The van der Waals surface area contributed by atoms with Crippen LogP contribution in [0.2, 0.25) is 0 Å². The number of pyridine rings is 2. The molecule has 4 heterocycles. The molecular weight excluding hydrogens is 837 g/mol. The summed E-state index contributed by atoms with van der Waals surface area (Å²) in [5, 5.41) is 11.6. The van der Waals surface area contributed by atoms with E-state index in [1.165, 1.54) is 84.2 Å². The number of carboxylic acid groups (broad SMARTS) is 1. The number of aliphatic carboxylic acids is 1. The monoisotopic (exact) mass is 915 g/mol. The first-order valence-corrected chi connectivity index (χ1v) is 26.6. The van der Waals surface area contributed by atoms with Gasteiger partial charge in [0.25, 0.3) is 0 Å². The first kappa shape index (κ1) is 47.8. The lowest BCUT2D eigenvalue weighted by Crippen LogP contribution is -2.50. The SMILES string of the molecule is CCC1CCC(Oc2ccc3nc(CN4CC(C5CCCC(C(=O)O)C5)C4)ccc3c2)CC1.CCC1CCC(Oc2ccc3nc(CN4CC(C5CCCC(C(=O)OC)C5)C4)ccc3c2)CC1. The third-order valence-corrected chi connectivity index (χ3v) is 17.2. The molecule has 0 radical (unpaired) electrons. The van der Waals surface area contributed by atoms with Crippen LogP contribution in [0.1, 0.15) is 141 Å². The molecule has 0 bridgehead atoms. The molecule has 4 atom stereocenters. The number of carbonyl (C=O) groups excluding carboxylic acids is 1. The topological polar surface area (TPSA) is 114 Å². The van der Waals surface area contributed by atoms with Crippen LogP contribution in [0.4, 0.5) is 0 Å². The van der Waals surface area contributed by atoms with E-state index < -0.39 is 5.97 Å². The fourth-order valence-electron chi connectivity index (χ4n) is 12.8. The van der Waals surface area contributed by atoms with Gasteiger partial charge < -0.3 is 19.3 Å². The second-order valence-electron chi connectivity index (χ2n) is 21.7. The molecule has 10 heteroatoms. The minimum Gasteiger partial charge on any atom is -0.490 e. The summed E-state index contributed by atoms with van der Waals surface area (Å²) >= 11 is 0. The Kier molecular flexibility index (Phi) is 16.0. The average Bonchev–Trinajstić information content (AvgIpc) is 3.34. The summed E-state index contributed by atoms with van der Waals surface area (Å²) in [5.74, 6) is 5.69. The molecule has 2 aromatic carbocycles. The molecule has 0 spiro atoms. The van der Waals surface area contributed by atoms with Crippen LogP contribution in [0.3, 0.4) is 0 Å². The van der Waals surface area contributed by atoms with E-state index >= 15 is 0 Å². The van der Waals surface area contributed by atoms with E-state index in [0.717, 1.165) is 134 Å². The van der Waals surface area contributed by atoms with Crippen molar-refractivity contribution in [3.8, 4) is 11.5 Å². The van der Waals surface area contributed by atoms with Gasteiger partial charge >= 0.3 is 11.9 Å². The Morgan fingerprint density at radius 3 is 1.45 bits per heavy atom. The molecule has 362 valence electrons. The van der Waals surface area contributed by atoms with Crippen molar-refractivity contribution < 1.29 is 28.9 Å². The summed E-state index contributed by atoms with van der Waals surface area (Å²) in [6.45, 7) is 10.8. The summed E-state index contributed by atoms with van der Waals surface area (Å²) in [7, 11) is 1.51. The van der Waals surface area contributed by atoms with Crippen LogP contribution in [0.5, 0.6) is 11.5 Å². The van der Waals surface area contributed by atoms with Gasteiger partial charge in [-0.25, -0.2) is 0 Å². The van der Waals surface area contributed by atoms with Gasteiger partial charge in [-0.05, 0) is 161 Å². The van der Waals surface area contributed by atoms with Crippen LogP contribution in [-0.2, 0) is 27.4 Å². The van der Waals surface area contributed by atoms with E-state index in [1.54, 1.807) is 0 Å². The van der Waals surface area contributed by atoms with Gasteiger partial charge in [-0.1, -0.05) is 64.5 Å². The molecule has 67 heavy (non-hydrogen) atoms. The Hall–Kier alpha value is -4.28. The minimum absolute atomic E-state index is 0.0151. The summed E-state index contributed by atoms with van der Waals surface area (Å²) in [5.41, 5.74) is 4.32. The van der Waals surface area contributed by atoms with Crippen molar-refractivity contribution in [2.24, 2.45) is 47.3 Å². The fourth-order valence-corrected chi connectivity index (χ4v) is 12.8. The predicted octanol–water partition coefficient (Wildman–Crippen LogP) is 11.9. The Morgan fingerprint density at radius 2 is 1.01 bits per heavy atom. The molecule has 10 rings (SSSR count). The maximum atomic E-state index is 11.9. The number of ether oxygens (including phenoxy) is 3. The highest BCUT2D eigenvalue weighted by Gasteiger charge is 2.39. The number of hydrogen-bond donors (Lipinski definition) is 1. The van der Waals surface area contributed by atoms with Crippen molar-refractivity contribution in [3.05, 3.63) is 72.1 Å². The number of carbonyl (C=O) groups is 2. The number of benzene rings is 2. The highest BCUT2D eigenvalue weighted by atomic mass is 16.5. The van der Waals surface area contributed by atoms with E-state index in [-0.39, 0.29) is 17.8 Å². The van der Waals surface area contributed by atoms with Gasteiger partial charge in [-0.15, -0.1) is 0 Å². The number of fused-ring (bicyclic) bond motifs is 2. The van der Waals surface area contributed by atoms with Gasteiger partial charge in [0.15, 0.2) is 0 Å². The van der Waals surface area contributed by atoms with Crippen molar-refractivity contribution >= 4 is 33.7 Å². The van der Waals surface area contributed by atoms with E-state index in [0.29, 0.717) is 35.9 Å². The first-order valence-electron chi connectivity index (χ1n) is 26.6. The molecule has 1 N–H and O–H groups in total. The van der Waals surface area contributed by atoms with Crippen molar-refractivity contribution in [1.82, 2.24) is 19.8 Å². The van der Waals surface area contributed by atoms with Gasteiger partial charge in [0.05, 0.1) is 53.6 Å². The number of aromatic nitrogens is 2. The number of nitrogens with zero attached hydrogens (tertiary/aromatic N) is 4. The van der Waals surface area contributed by atoms with Gasteiger partial charge in [-0.2, -0.15) is 0 Å². The summed E-state index contributed by atoms with van der Waals surface area (Å²) in [4.78, 5) is 38.1. The Balaban J connectivity index is 0.000000168. The van der Waals surface area contributed by atoms with Crippen LogP contribution in [0, 0.1) is 47.3 Å². The highest BCUT2D eigenvalue weighted by Crippen LogP contribution is 2.40. The lowest BCUT2D eigenvalue weighted by Gasteiger charge is -2.45. The average molecular weight is 915 g/mol. The van der Waals surface area contributed by atoms with E-state index in [1.807, 2.05) is 0 Å². The van der Waals surface area contributed by atoms with Crippen LogP contribution in [0.15, 0.2) is 60.7 Å². The molecule has 2 saturated heterocycles. The lowest BCUT2D eigenvalue weighted by molar-refractivity contribution is -0.148. The molecule has 2 aliphatic heterocycles. The number of carboxylic acids is 1. The van der Waals surface area contributed by atoms with Gasteiger partial charge in [0.2, 0.25) is 0 Å². The zero-order valence-electron chi connectivity index (χ0n) is 40.8. The van der Waals surface area contributed by atoms with Crippen LogP contribution in [-0.4, -0.2) is 82.3 Å². The Morgan fingerprint density at radius 1 is 0.567 bits per heavy atom. The molecule has 4 aliphatic carbocycles. The molecule has 0 amide bonds. The Bertz CT molecular complexity index is 2260. The van der Waals surface area contributed by atoms with Crippen molar-refractivity contribution in [2.75, 3.05) is 33.3 Å². The maximum Gasteiger partial charge on any atom is 0.308 e. The van der Waals surface area contributed by atoms with Crippen LogP contribution >= 0.6 is 0 Å². The van der Waals surface area contributed by atoms with E-state index in [4.69, 9.17) is 24.2 Å². The molecule has 2 aromatic heterocycles. The lowest BCUT2D eigenvalue weighted by atomic mass is 9.72. The third kappa shape index (κ3) is 12.3. The quantitative estimate of drug-likeness (QED) is 0.123. The number of methoxy groups -OCH3 is 1. The maximum absolute atomic E-state index is 11.9. The first-order chi connectivity index (χ1) is 32.7. The summed E-state index contributed by atoms with van der Waals surface area (Å²) < 4.78 is 17.6. The number of esters is 1. The van der Waals surface area contributed by atoms with Gasteiger partial charge in [0, 0.05) is 50.0 Å². The predicted molar refractivity (Wildman–Crippen MR) is 265 cm³/mol. The molecule has 4 saturated carbocycles. The second kappa shape index (κ2) is 22.4. The van der Waals surface area contributed by atoms with Crippen molar-refractivity contribution in [3.63, 3.8) is 0 Å². The summed E-state index contributed by atoms with van der Waals surface area (Å²) in [6.07, 6.45) is 21.6. The van der Waals surface area contributed by atoms with Gasteiger partial charge in [-0.3, -0.25) is 29.4 Å². The van der Waals surface area contributed by atoms with E-state index in [2.05, 4.69) is 84.3 Å². The number of likely N-dealkylation sites (tertiary alicyclic amines) is 2. The van der Waals surface area contributed by atoms with Crippen molar-refractivity contribution in [1.29, 1.82) is 0 Å². The van der Waals surface area contributed by atoms with Gasteiger partial charge in [0.1, 0.15) is 11.5 Å². The van der Waals surface area contributed by atoms with Crippen molar-refractivity contribution in [2.45, 2.75) is 155 Å². The smallest absolute Gasteiger partial charge is 0.308 e. The number of rotatable bonds is 14. The standard InChI is InChI=1S/C29H40N2O3.C28H38N2O3/c1-3-20-7-11-26(12-8-20)34-27-13-14-28-22(16-27)9-10-25(30-28)19-31-17-24(18-31)21-5-4-6-23(15-21)29(32)33-2;1-2-19-6-10-25(11-7-19)33-26-12-13-27-21(15-26)8-9-24(29-27)18-30-16-23(17-30)20-4-3-5-22(14-20)28(31)32/h9-10,13-14,16,20-21,23-24,26H,3-8,11-12,15,17-19H2,1-2H3;8-9,12-13,15,19-20,22-23,25H,2-7,10-11,14,16-18H2,1H3,(H,31,32). The Labute approximate surface area is 399 Å². The second-order valence-corrected chi connectivity index (χ2v) is 21.7. The zero-order valence-corrected chi connectivity index (χ0v) is 40.8. The largest absolute Gasteiger partial charge is 0.490 e. The highest BCUT2D eigenvalue weighted by molar-refractivity contribution is 5.81. The van der Waals surface area contributed by atoms with Crippen LogP contribution < -0.4 is 9.47 Å². The summed E-state index contributed by atoms with van der Waals surface area (Å²) in [6, 6.07) is 21.3. The molecule has 6 aliphatic rings. The number of hydrogen-bond acceptors (Lipinski definition) is 9. The third-order valence-electron chi connectivity index (χ3n) is 17.2. The zero-order chi connectivity index (χ0) is 46.3. The minimum atomic E-state index is -0.603. The molecular formula is C57H78N4O6.